The lowest BCUT2D eigenvalue weighted by Gasteiger charge is -2.29. The van der Waals surface area contributed by atoms with E-state index in [0.717, 1.165) is 27.9 Å². The summed E-state index contributed by atoms with van der Waals surface area (Å²) >= 11 is 8.66. The zero-order valence-corrected chi connectivity index (χ0v) is 17.8. The van der Waals surface area contributed by atoms with Gasteiger partial charge in [0.05, 0.1) is 0 Å². The van der Waals surface area contributed by atoms with Crippen LogP contribution in [-0.2, 0) is 17.6 Å². The summed E-state index contributed by atoms with van der Waals surface area (Å²) in [6.45, 7) is 7.36. The number of carbonyl (C=O) groups is 1. The van der Waals surface area contributed by atoms with Gasteiger partial charge in [0.1, 0.15) is 17.9 Å². The molecule has 3 N–H and O–H groups in total. The highest BCUT2D eigenvalue weighted by Gasteiger charge is 2.33. The summed E-state index contributed by atoms with van der Waals surface area (Å²) < 4.78 is 14.8. The van der Waals surface area contributed by atoms with Crippen LogP contribution < -0.4 is 5.73 Å². The maximum atomic E-state index is 14.8. The largest absolute Gasteiger partial charge is 0.507 e. The number of benzene rings is 2. The normalized spacial score (nSPS) is 13.5. The van der Waals surface area contributed by atoms with Crippen molar-refractivity contribution in [3.8, 4) is 5.75 Å². The quantitative estimate of drug-likeness (QED) is 0.427. The van der Waals surface area contributed by atoms with Crippen molar-refractivity contribution >= 4 is 31.5 Å². The van der Waals surface area contributed by atoms with Crippen LogP contribution in [0.5, 0.6) is 5.75 Å². The molecular weight excluding hydrogens is 381 g/mol. The molecular formula is C21H26FNO2S2. The summed E-state index contributed by atoms with van der Waals surface area (Å²) in [5.74, 6) is -0.303. The first-order chi connectivity index (χ1) is 12.6. The topological polar surface area (TPSA) is 63.3 Å². The first kappa shape index (κ1) is 21.8. The van der Waals surface area contributed by atoms with Crippen molar-refractivity contribution in [3.05, 3.63) is 51.3 Å². The van der Waals surface area contributed by atoms with Gasteiger partial charge < -0.3 is 15.6 Å². The zero-order valence-electron chi connectivity index (χ0n) is 16.1. The van der Waals surface area contributed by atoms with Crippen molar-refractivity contribution in [1.82, 2.24) is 0 Å². The van der Waals surface area contributed by atoms with Crippen molar-refractivity contribution in [3.63, 3.8) is 0 Å². The summed E-state index contributed by atoms with van der Waals surface area (Å²) in [5.41, 5.74) is 9.15. The Kier molecular flexibility index (Phi) is 6.66. The molecule has 2 aromatic rings. The van der Waals surface area contributed by atoms with Crippen LogP contribution in [0.25, 0.3) is 0 Å². The first-order valence-corrected chi connectivity index (χ1v) is 9.61. The number of aryl methyl sites for hydroxylation is 2. The summed E-state index contributed by atoms with van der Waals surface area (Å²) in [6, 6.07) is 3.45. The Balaban J connectivity index is 2.58. The van der Waals surface area contributed by atoms with Crippen LogP contribution in [0, 0.1) is 38.9 Å². The van der Waals surface area contributed by atoms with E-state index in [9.17, 15) is 14.3 Å². The molecule has 0 amide bonds. The molecule has 1 atom stereocenters. The van der Waals surface area contributed by atoms with Crippen LogP contribution in [0.1, 0.15) is 33.4 Å². The van der Waals surface area contributed by atoms with Crippen molar-refractivity contribution in [2.75, 3.05) is 6.54 Å². The second kappa shape index (κ2) is 8.25. The number of aromatic hydroxyl groups is 1. The second-order valence-electron chi connectivity index (χ2n) is 7.33. The summed E-state index contributed by atoms with van der Waals surface area (Å²) in [7, 11) is 0. The Morgan fingerprint density at radius 3 is 2.15 bits per heavy atom. The van der Waals surface area contributed by atoms with Crippen LogP contribution >= 0.6 is 25.3 Å². The summed E-state index contributed by atoms with van der Waals surface area (Å²) in [6.07, 6.45) is 1.12. The van der Waals surface area contributed by atoms with Crippen molar-refractivity contribution in [2.24, 2.45) is 11.1 Å². The van der Waals surface area contributed by atoms with E-state index in [1.807, 2.05) is 20.8 Å². The van der Waals surface area contributed by atoms with Crippen molar-refractivity contribution in [1.29, 1.82) is 0 Å². The van der Waals surface area contributed by atoms with E-state index in [1.165, 1.54) is 0 Å². The van der Waals surface area contributed by atoms with Gasteiger partial charge in [0, 0.05) is 21.8 Å². The maximum absolute atomic E-state index is 14.8. The average Bonchev–Trinajstić information content (AvgIpc) is 2.64. The van der Waals surface area contributed by atoms with Gasteiger partial charge in [0.2, 0.25) is 0 Å². The number of hydrogen-bond donors (Lipinski definition) is 4. The molecule has 0 spiro atoms. The van der Waals surface area contributed by atoms with E-state index < -0.39 is 11.2 Å². The Labute approximate surface area is 171 Å². The molecule has 0 heterocycles. The minimum Gasteiger partial charge on any atom is -0.507 e. The molecule has 0 aromatic heterocycles. The smallest absolute Gasteiger partial charge is 0.139 e. The molecule has 2 aromatic carbocycles. The molecule has 146 valence electrons. The third-order valence-corrected chi connectivity index (χ3v) is 6.24. The number of phenolic OH excluding ortho intramolecular Hbond substituents is 1. The lowest BCUT2D eigenvalue weighted by atomic mass is 9.75. The minimum atomic E-state index is -1.05. The van der Waals surface area contributed by atoms with Gasteiger partial charge >= 0.3 is 0 Å². The fourth-order valence-corrected chi connectivity index (χ4v) is 4.01. The van der Waals surface area contributed by atoms with Gasteiger partial charge in [-0.15, -0.1) is 25.3 Å². The Bertz CT molecular complexity index is 779. The van der Waals surface area contributed by atoms with Gasteiger partial charge in [-0.05, 0) is 86.1 Å². The fourth-order valence-electron chi connectivity index (χ4n) is 3.35. The van der Waals surface area contributed by atoms with Crippen LogP contribution in [0.4, 0.5) is 4.39 Å². The van der Waals surface area contributed by atoms with Gasteiger partial charge in [0.25, 0.3) is 0 Å². The number of rotatable bonds is 6. The molecule has 0 aliphatic rings. The highest BCUT2D eigenvalue weighted by Crippen LogP contribution is 2.37. The molecule has 3 nitrogen and oxygen atoms in total. The van der Waals surface area contributed by atoms with E-state index in [4.69, 9.17) is 5.73 Å². The Morgan fingerprint density at radius 2 is 1.59 bits per heavy atom. The van der Waals surface area contributed by atoms with Crippen LogP contribution in [0.2, 0.25) is 0 Å². The van der Waals surface area contributed by atoms with Gasteiger partial charge in [0.15, 0.2) is 0 Å². The highest BCUT2D eigenvalue weighted by atomic mass is 32.1. The molecule has 0 aliphatic heterocycles. The molecule has 0 radical (unpaired) electrons. The second-order valence-corrected chi connectivity index (χ2v) is 8.30. The van der Waals surface area contributed by atoms with Gasteiger partial charge in [-0.3, -0.25) is 0 Å². The van der Waals surface area contributed by atoms with E-state index in [1.54, 1.807) is 19.1 Å². The SMILES string of the molecule is Cc1cc(S)c(F)c(CC(C=O)(CN)Cc2c(C)c(S)cc(C)c2O)c1C. The van der Waals surface area contributed by atoms with Gasteiger partial charge in [-0.1, -0.05) is 0 Å². The molecule has 27 heavy (non-hydrogen) atoms. The Hall–Kier alpha value is -1.50. The summed E-state index contributed by atoms with van der Waals surface area (Å²) in [5, 5.41) is 10.5. The molecule has 1 unspecified atom stereocenters. The number of thiol groups is 2. The summed E-state index contributed by atoms with van der Waals surface area (Å²) in [4.78, 5) is 13.1. The predicted molar refractivity (Wildman–Crippen MR) is 113 cm³/mol. The molecule has 6 heteroatoms. The number of hydrogen-bond acceptors (Lipinski definition) is 5. The number of halogens is 1. The Morgan fingerprint density at radius 1 is 1.04 bits per heavy atom. The molecule has 2 rings (SSSR count). The van der Waals surface area contributed by atoms with Crippen LogP contribution in [-0.4, -0.2) is 17.9 Å². The van der Waals surface area contributed by atoms with Crippen molar-refractivity contribution in [2.45, 2.75) is 50.3 Å². The lowest BCUT2D eigenvalue weighted by molar-refractivity contribution is -0.115. The van der Waals surface area contributed by atoms with E-state index in [2.05, 4.69) is 25.3 Å². The zero-order chi connectivity index (χ0) is 20.5. The van der Waals surface area contributed by atoms with E-state index >= 15 is 0 Å². The number of nitrogens with two attached hydrogens (primary N) is 1. The van der Waals surface area contributed by atoms with E-state index in [0.29, 0.717) is 16.7 Å². The molecule has 0 saturated carbocycles. The molecule has 0 fully saturated rings. The molecule has 0 saturated heterocycles. The predicted octanol–water partition coefficient (Wildman–Crippen LogP) is 4.27. The molecule has 0 aliphatic carbocycles. The van der Waals surface area contributed by atoms with Gasteiger partial charge in [-0.25, -0.2) is 4.39 Å². The monoisotopic (exact) mass is 407 g/mol. The third-order valence-electron chi connectivity index (χ3n) is 5.45. The third kappa shape index (κ3) is 4.18. The first-order valence-electron chi connectivity index (χ1n) is 8.71. The van der Waals surface area contributed by atoms with Crippen LogP contribution in [0.15, 0.2) is 21.9 Å². The standard InChI is InChI=1S/C21H26FNO2S2/c1-11-5-18(27)19(22)15(13(11)3)7-21(9-23,10-24)8-16-14(4)17(26)6-12(2)20(16)25/h5-6,10,25-27H,7-9,23H2,1-4H3. The fraction of sp³-hybridized carbons (Fsp3) is 0.381. The van der Waals surface area contributed by atoms with E-state index in [-0.39, 0.29) is 30.0 Å². The highest BCUT2D eigenvalue weighted by molar-refractivity contribution is 7.80. The number of aldehydes is 1. The number of phenols is 1. The molecule has 0 bridgehead atoms. The van der Waals surface area contributed by atoms with Crippen LogP contribution in [0.3, 0.4) is 0 Å². The average molecular weight is 408 g/mol. The lowest BCUT2D eigenvalue weighted by Crippen LogP contribution is -2.37. The van der Waals surface area contributed by atoms with Gasteiger partial charge in [-0.2, -0.15) is 0 Å². The number of carbonyl (C=O) groups excluding carboxylic acids is 1. The minimum absolute atomic E-state index is 0.0277. The van der Waals surface area contributed by atoms with Crippen molar-refractivity contribution < 1.29 is 14.3 Å². The maximum Gasteiger partial charge on any atom is 0.139 e.